The van der Waals surface area contributed by atoms with Crippen LogP contribution in [0.1, 0.15) is 32.8 Å². The molecular weight excluding hydrogens is 271 g/mol. The topological polar surface area (TPSA) is 26.3 Å². The van der Waals surface area contributed by atoms with Crippen LogP contribution < -0.4 is 0 Å². The van der Waals surface area contributed by atoms with E-state index in [9.17, 15) is 4.79 Å². The lowest BCUT2D eigenvalue weighted by Crippen LogP contribution is -2.25. The van der Waals surface area contributed by atoms with Crippen molar-refractivity contribution >= 4 is 35.2 Å². The van der Waals surface area contributed by atoms with E-state index in [0.29, 0.717) is 10.0 Å². The summed E-state index contributed by atoms with van der Waals surface area (Å²) in [5, 5.41) is 1.06. The van der Waals surface area contributed by atoms with E-state index in [1.807, 2.05) is 20.8 Å². The third kappa shape index (κ3) is 4.71. The molecular formula is C14H16Cl2O2. The Bertz CT molecular complexity index is 465. The molecule has 0 fully saturated rings. The highest BCUT2D eigenvalue weighted by Crippen LogP contribution is 2.22. The van der Waals surface area contributed by atoms with Gasteiger partial charge in [0.05, 0.1) is 0 Å². The van der Waals surface area contributed by atoms with Crippen LogP contribution in [0.15, 0.2) is 24.3 Å². The fourth-order valence-electron chi connectivity index (χ4n) is 1.17. The summed E-state index contributed by atoms with van der Waals surface area (Å²) in [6.07, 6.45) is 3.74. The molecule has 2 nitrogen and oxygen atoms in total. The molecule has 0 bridgehead atoms. The molecule has 0 aliphatic heterocycles. The van der Waals surface area contributed by atoms with E-state index in [2.05, 4.69) is 0 Å². The summed E-state index contributed by atoms with van der Waals surface area (Å²) in [5.74, 6) is -0.382. The number of halogens is 2. The minimum absolute atomic E-state index is 0.382. The van der Waals surface area contributed by atoms with Crippen LogP contribution in [0, 0.1) is 0 Å². The third-order valence-electron chi connectivity index (χ3n) is 2.59. The lowest BCUT2D eigenvalue weighted by atomic mass is 10.1. The normalized spacial score (nSPS) is 11.8. The summed E-state index contributed by atoms with van der Waals surface area (Å²) in [7, 11) is 0. The number of benzene rings is 1. The fourth-order valence-corrected chi connectivity index (χ4v) is 1.64. The van der Waals surface area contributed by atoms with Gasteiger partial charge in [0.25, 0.3) is 0 Å². The van der Waals surface area contributed by atoms with Gasteiger partial charge in [0, 0.05) is 16.1 Å². The van der Waals surface area contributed by atoms with Crippen molar-refractivity contribution in [2.24, 2.45) is 0 Å². The molecule has 4 heteroatoms. The molecule has 0 spiro atoms. The zero-order chi connectivity index (χ0) is 13.8. The van der Waals surface area contributed by atoms with Gasteiger partial charge < -0.3 is 4.74 Å². The van der Waals surface area contributed by atoms with Gasteiger partial charge in [-0.05, 0) is 44.0 Å². The van der Waals surface area contributed by atoms with E-state index in [1.165, 1.54) is 6.08 Å². The molecule has 0 aliphatic carbocycles. The van der Waals surface area contributed by atoms with Crippen molar-refractivity contribution in [3.63, 3.8) is 0 Å². The lowest BCUT2D eigenvalue weighted by molar-refractivity contribution is -0.150. The maximum atomic E-state index is 11.6. The minimum atomic E-state index is -0.453. The smallest absolute Gasteiger partial charge is 0.331 e. The highest BCUT2D eigenvalue weighted by atomic mass is 35.5. The average Bonchev–Trinajstić information content (AvgIpc) is 2.27. The van der Waals surface area contributed by atoms with E-state index in [4.69, 9.17) is 27.9 Å². The monoisotopic (exact) mass is 286 g/mol. The lowest BCUT2D eigenvalue weighted by Gasteiger charge is -2.22. The van der Waals surface area contributed by atoms with Gasteiger partial charge in [-0.15, -0.1) is 0 Å². The second kappa shape index (κ2) is 6.26. The number of esters is 1. The van der Waals surface area contributed by atoms with Gasteiger partial charge in [-0.1, -0.05) is 36.2 Å². The number of hydrogen-bond donors (Lipinski definition) is 0. The molecule has 0 radical (unpaired) electrons. The van der Waals surface area contributed by atoms with Crippen molar-refractivity contribution in [1.29, 1.82) is 0 Å². The molecule has 0 aromatic heterocycles. The first-order chi connectivity index (χ1) is 8.34. The molecule has 0 heterocycles. The molecule has 0 saturated heterocycles. The van der Waals surface area contributed by atoms with E-state index in [-0.39, 0.29) is 5.97 Å². The van der Waals surface area contributed by atoms with Crippen LogP contribution in [0.2, 0.25) is 10.0 Å². The van der Waals surface area contributed by atoms with E-state index in [0.717, 1.165) is 12.0 Å². The fraction of sp³-hybridized carbons (Fsp3) is 0.357. The Morgan fingerprint density at radius 3 is 2.61 bits per heavy atom. The Morgan fingerprint density at radius 2 is 2.06 bits per heavy atom. The average molecular weight is 287 g/mol. The second-order valence-electron chi connectivity index (χ2n) is 4.53. The maximum absolute atomic E-state index is 11.6. The SMILES string of the molecule is CCC(C)(C)OC(=O)/C=C/c1ccc(Cl)cc1Cl. The molecule has 98 valence electrons. The molecule has 0 N–H and O–H groups in total. The predicted octanol–water partition coefficient (Wildman–Crippen LogP) is 4.74. The standard InChI is InChI=1S/C14H16Cl2O2/c1-4-14(2,3)18-13(17)8-6-10-5-7-11(15)9-12(10)16/h5-9H,4H2,1-3H3/b8-6+. The molecule has 0 atom stereocenters. The van der Waals surface area contributed by atoms with Crippen LogP contribution in [0.4, 0.5) is 0 Å². The summed E-state index contributed by atoms with van der Waals surface area (Å²) in [6, 6.07) is 5.10. The zero-order valence-corrected chi connectivity index (χ0v) is 12.2. The molecule has 0 aliphatic rings. The van der Waals surface area contributed by atoms with Crippen molar-refractivity contribution < 1.29 is 9.53 Å². The van der Waals surface area contributed by atoms with Gasteiger partial charge in [0.15, 0.2) is 0 Å². The van der Waals surface area contributed by atoms with Gasteiger partial charge in [0.1, 0.15) is 5.60 Å². The molecule has 0 amide bonds. The Morgan fingerprint density at radius 1 is 1.39 bits per heavy atom. The predicted molar refractivity (Wildman–Crippen MR) is 76.0 cm³/mol. The minimum Gasteiger partial charge on any atom is -0.457 e. The first-order valence-electron chi connectivity index (χ1n) is 5.70. The summed E-state index contributed by atoms with van der Waals surface area (Å²) >= 11 is 11.8. The van der Waals surface area contributed by atoms with Crippen LogP contribution in [0.3, 0.4) is 0 Å². The second-order valence-corrected chi connectivity index (χ2v) is 5.38. The molecule has 1 aromatic rings. The first kappa shape index (κ1) is 15.1. The number of rotatable bonds is 4. The van der Waals surface area contributed by atoms with Crippen LogP contribution in [0.5, 0.6) is 0 Å². The van der Waals surface area contributed by atoms with Gasteiger partial charge in [-0.3, -0.25) is 0 Å². The van der Waals surface area contributed by atoms with Crippen LogP contribution >= 0.6 is 23.2 Å². The maximum Gasteiger partial charge on any atom is 0.331 e. The number of carbonyl (C=O) groups is 1. The molecule has 0 unspecified atom stereocenters. The Labute approximate surface area is 118 Å². The quantitative estimate of drug-likeness (QED) is 0.590. The van der Waals surface area contributed by atoms with E-state index >= 15 is 0 Å². The molecule has 0 saturated carbocycles. The third-order valence-corrected chi connectivity index (χ3v) is 3.15. The number of hydrogen-bond acceptors (Lipinski definition) is 2. The van der Waals surface area contributed by atoms with Crippen molar-refractivity contribution in [3.05, 3.63) is 39.9 Å². The summed E-state index contributed by atoms with van der Waals surface area (Å²) in [6.45, 7) is 5.70. The number of carbonyl (C=O) groups excluding carboxylic acids is 1. The van der Waals surface area contributed by atoms with E-state index in [1.54, 1.807) is 24.3 Å². The first-order valence-corrected chi connectivity index (χ1v) is 6.46. The zero-order valence-electron chi connectivity index (χ0n) is 10.7. The molecule has 1 aromatic carbocycles. The van der Waals surface area contributed by atoms with Crippen molar-refractivity contribution in [1.82, 2.24) is 0 Å². The Hall–Kier alpha value is -0.990. The highest BCUT2D eigenvalue weighted by Gasteiger charge is 2.18. The Kier molecular flexibility index (Phi) is 5.24. The van der Waals surface area contributed by atoms with Crippen molar-refractivity contribution in [2.45, 2.75) is 32.8 Å². The van der Waals surface area contributed by atoms with Gasteiger partial charge in [-0.2, -0.15) is 0 Å². The Balaban J connectivity index is 2.72. The summed E-state index contributed by atoms with van der Waals surface area (Å²) in [4.78, 5) is 11.6. The highest BCUT2D eigenvalue weighted by molar-refractivity contribution is 6.35. The van der Waals surface area contributed by atoms with E-state index < -0.39 is 5.60 Å². The van der Waals surface area contributed by atoms with Crippen molar-refractivity contribution in [2.75, 3.05) is 0 Å². The van der Waals surface area contributed by atoms with Gasteiger partial charge in [0.2, 0.25) is 0 Å². The molecule has 18 heavy (non-hydrogen) atoms. The van der Waals surface area contributed by atoms with Gasteiger partial charge >= 0.3 is 5.97 Å². The summed E-state index contributed by atoms with van der Waals surface area (Å²) in [5.41, 5.74) is 0.276. The van der Waals surface area contributed by atoms with Crippen LogP contribution in [0.25, 0.3) is 6.08 Å². The number of ether oxygens (including phenoxy) is 1. The van der Waals surface area contributed by atoms with Crippen LogP contribution in [-0.2, 0) is 9.53 Å². The van der Waals surface area contributed by atoms with Crippen molar-refractivity contribution in [3.8, 4) is 0 Å². The van der Waals surface area contributed by atoms with Gasteiger partial charge in [-0.25, -0.2) is 4.79 Å². The van der Waals surface area contributed by atoms with Crippen LogP contribution in [-0.4, -0.2) is 11.6 Å². The largest absolute Gasteiger partial charge is 0.457 e. The summed E-state index contributed by atoms with van der Waals surface area (Å²) < 4.78 is 5.28. The molecule has 1 rings (SSSR count).